The van der Waals surface area contributed by atoms with Gasteiger partial charge in [-0.2, -0.15) is 11.8 Å². The van der Waals surface area contributed by atoms with Crippen molar-refractivity contribution in [2.24, 2.45) is 0 Å². The molecule has 15 heavy (non-hydrogen) atoms. The summed E-state index contributed by atoms with van der Waals surface area (Å²) in [7, 11) is 0. The molecule has 0 fully saturated rings. The van der Waals surface area contributed by atoms with Gasteiger partial charge in [-0.25, -0.2) is 9.78 Å². The van der Waals surface area contributed by atoms with Crippen LogP contribution in [0.25, 0.3) is 0 Å². The van der Waals surface area contributed by atoms with Crippen LogP contribution in [-0.4, -0.2) is 21.8 Å². The van der Waals surface area contributed by atoms with E-state index in [-0.39, 0.29) is 5.01 Å². The summed E-state index contributed by atoms with van der Waals surface area (Å²) >= 11 is 3.02. The molecule has 0 radical (unpaired) electrons. The maximum absolute atomic E-state index is 10.6. The normalized spacial score (nSPS) is 10.5. The number of carboxylic acid groups (broad SMARTS) is 1. The second-order valence-corrected chi connectivity index (χ2v) is 5.17. The Morgan fingerprint density at radius 1 is 1.60 bits per heavy atom. The van der Waals surface area contributed by atoms with Gasteiger partial charge in [0.25, 0.3) is 0 Å². The molecule has 0 aliphatic carbocycles. The summed E-state index contributed by atoms with van der Waals surface area (Å²) in [6.45, 7) is 2.18. The first-order valence-electron chi connectivity index (χ1n) is 4.99. The fraction of sp³-hybridized carbons (Fsp3) is 0.600. The highest BCUT2D eigenvalue weighted by Crippen LogP contribution is 2.17. The molecule has 0 aromatic carbocycles. The van der Waals surface area contributed by atoms with Crippen molar-refractivity contribution in [1.29, 1.82) is 0 Å². The third-order valence-electron chi connectivity index (χ3n) is 1.88. The van der Waals surface area contributed by atoms with Crippen molar-refractivity contribution in [2.75, 3.05) is 5.75 Å². The molecule has 1 rings (SSSR count). The Bertz CT molecular complexity index is 312. The van der Waals surface area contributed by atoms with Crippen molar-refractivity contribution in [2.45, 2.75) is 31.9 Å². The largest absolute Gasteiger partial charge is 0.476 e. The molecule has 0 aliphatic rings. The second-order valence-electron chi connectivity index (χ2n) is 3.21. The monoisotopic (exact) mass is 245 g/mol. The molecule has 0 amide bonds. The van der Waals surface area contributed by atoms with Gasteiger partial charge in [0.15, 0.2) is 0 Å². The number of nitrogens with zero attached hydrogens (tertiary/aromatic N) is 1. The zero-order valence-electron chi connectivity index (χ0n) is 8.73. The van der Waals surface area contributed by atoms with Gasteiger partial charge in [0.2, 0.25) is 5.01 Å². The van der Waals surface area contributed by atoms with Gasteiger partial charge in [0.1, 0.15) is 0 Å². The van der Waals surface area contributed by atoms with Crippen molar-refractivity contribution in [3.8, 4) is 0 Å². The van der Waals surface area contributed by atoms with Crippen LogP contribution in [0.1, 0.15) is 41.7 Å². The molecule has 1 heterocycles. The summed E-state index contributed by atoms with van der Waals surface area (Å²) in [6, 6.07) is 0. The Morgan fingerprint density at radius 3 is 3.00 bits per heavy atom. The number of carboxylic acids is 1. The van der Waals surface area contributed by atoms with E-state index in [1.807, 2.05) is 17.1 Å². The molecular weight excluding hydrogens is 230 g/mol. The van der Waals surface area contributed by atoms with Crippen LogP contribution in [0.2, 0.25) is 0 Å². The van der Waals surface area contributed by atoms with Crippen LogP contribution in [0.5, 0.6) is 0 Å². The van der Waals surface area contributed by atoms with Crippen LogP contribution in [0.4, 0.5) is 0 Å². The third-order valence-corrected chi connectivity index (χ3v) is 3.83. The number of rotatable bonds is 7. The number of carbonyl (C=O) groups is 1. The van der Waals surface area contributed by atoms with Gasteiger partial charge in [-0.05, 0) is 12.2 Å². The van der Waals surface area contributed by atoms with Gasteiger partial charge >= 0.3 is 5.97 Å². The Morgan fingerprint density at radius 2 is 2.40 bits per heavy atom. The first kappa shape index (κ1) is 12.5. The number of aromatic carboxylic acids is 1. The minimum Gasteiger partial charge on any atom is -0.476 e. The lowest BCUT2D eigenvalue weighted by Gasteiger charge is -1.97. The summed E-state index contributed by atoms with van der Waals surface area (Å²) in [6.07, 6.45) is 3.74. The van der Waals surface area contributed by atoms with Crippen LogP contribution in [0.15, 0.2) is 5.38 Å². The number of hydrogen-bond donors (Lipinski definition) is 1. The second kappa shape index (κ2) is 6.85. The van der Waals surface area contributed by atoms with E-state index in [1.165, 1.54) is 30.6 Å². The summed E-state index contributed by atoms with van der Waals surface area (Å²) in [5.41, 5.74) is 0.888. The van der Waals surface area contributed by atoms with Crippen LogP contribution >= 0.6 is 23.1 Å². The minimum atomic E-state index is -0.928. The van der Waals surface area contributed by atoms with Crippen molar-refractivity contribution in [1.82, 2.24) is 4.98 Å². The number of aromatic nitrogens is 1. The molecule has 84 valence electrons. The Labute approximate surface area is 97.9 Å². The lowest BCUT2D eigenvalue weighted by molar-refractivity contribution is 0.0696. The van der Waals surface area contributed by atoms with Crippen molar-refractivity contribution < 1.29 is 9.90 Å². The number of thioether (sulfide) groups is 1. The smallest absolute Gasteiger partial charge is 0.365 e. The summed E-state index contributed by atoms with van der Waals surface area (Å²) in [5.74, 6) is 1.03. The average molecular weight is 245 g/mol. The highest BCUT2D eigenvalue weighted by atomic mass is 32.2. The number of thiazole rings is 1. The molecule has 1 aromatic heterocycles. The van der Waals surface area contributed by atoms with Gasteiger partial charge < -0.3 is 5.11 Å². The predicted octanol–water partition coefficient (Wildman–Crippen LogP) is 3.26. The van der Waals surface area contributed by atoms with E-state index in [4.69, 9.17) is 5.11 Å². The van der Waals surface area contributed by atoms with Gasteiger partial charge in [0, 0.05) is 11.1 Å². The summed E-state index contributed by atoms with van der Waals surface area (Å²) in [5, 5.41) is 10.7. The molecule has 1 aromatic rings. The highest BCUT2D eigenvalue weighted by molar-refractivity contribution is 7.98. The van der Waals surface area contributed by atoms with Gasteiger partial charge in [0.05, 0.1) is 5.69 Å². The molecule has 1 N–H and O–H groups in total. The number of unbranched alkanes of at least 4 members (excludes halogenated alkanes) is 2. The first-order valence-corrected chi connectivity index (χ1v) is 7.03. The zero-order valence-corrected chi connectivity index (χ0v) is 10.4. The van der Waals surface area contributed by atoms with E-state index in [2.05, 4.69) is 11.9 Å². The van der Waals surface area contributed by atoms with Gasteiger partial charge in [-0.3, -0.25) is 0 Å². The third kappa shape index (κ3) is 4.66. The standard InChI is InChI=1S/C10H15NO2S2/c1-2-3-4-5-14-6-8-7-15-9(11-8)10(12)13/h7H,2-6H2,1H3,(H,12,13). The molecule has 0 spiro atoms. The maximum atomic E-state index is 10.6. The Hall–Kier alpha value is -0.550. The lowest BCUT2D eigenvalue weighted by atomic mass is 10.3. The molecule has 0 bridgehead atoms. The lowest BCUT2D eigenvalue weighted by Crippen LogP contribution is -1.95. The minimum absolute atomic E-state index is 0.194. The summed E-state index contributed by atoms with van der Waals surface area (Å²) < 4.78 is 0. The maximum Gasteiger partial charge on any atom is 0.365 e. The average Bonchev–Trinajstić information content (AvgIpc) is 2.66. The molecule has 0 unspecified atom stereocenters. The molecule has 3 nitrogen and oxygen atoms in total. The van der Waals surface area contributed by atoms with Crippen molar-refractivity contribution in [3.63, 3.8) is 0 Å². The Kier molecular flexibility index (Phi) is 5.71. The zero-order chi connectivity index (χ0) is 11.1. The van der Waals surface area contributed by atoms with E-state index in [0.717, 1.165) is 17.2 Å². The highest BCUT2D eigenvalue weighted by Gasteiger charge is 2.08. The van der Waals surface area contributed by atoms with Crippen molar-refractivity contribution in [3.05, 3.63) is 16.1 Å². The van der Waals surface area contributed by atoms with E-state index in [1.54, 1.807) is 0 Å². The van der Waals surface area contributed by atoms with E-state index >= 15 is 0 Å². The SMILES string of the molecule is CCCCCSCc1csc(C(=O)O)n1. The molecule has 0 saturated heterocycles. The molecular formula is C10H15NO2S2. The van der Waals surface area contributed by atoms with Gasteiger partial charge in [-0.15, -0.1) is 11.3 Å². The fourth-order valence-electron chi connectivity index (χ4n) is 1.10. The summed E-state index contributed by atoms with van der Waals surface area (Å²) in [4.78, 5) is 14.6. The fourth-order valence-corrected chi connectivity index (χ4v) is 2.77. The van der Waals surface area contributed by atoms with E-state index in [0.29, 0.717) is 0 Å². The molecule has 0 atom stereocenters. The van der Waals surface area contributed by atoms with Crippen LogP contribution < -0.4 is 0 Å². The van der Waals surface area contributed by atoms with E-state index in [9.17, 15) is 4.79 Å². The predicted molar refractivity (Wildman–Crippen MR) is 64.8 cm³/mol. The first-order chi connectivity index (χ1) is 7.24. The molecule has 5 heteroatoms. The van der Waals surface area contributed by atoms with Crippen molar-refractivity contribution >= 4 is 29.1 Å². The molecule has 0 saturated carbocycles. The Balaban J connectivity index is 2.23. The van der Waals surface area contributed by atoms with Crippen LogP contribution in [0, 0.1) is 0 Å². The quantitative estimate of drug-likeness (QED) is 0.749. The van der Waals surface area contributed by atoms with E-state index < -0.39 is 5.97 Å². The van der Waals surface area contributed by atoms with Crippen LogP contribution in [0.3, 0.4) is 0 Å². The molecule has 0 aliphatic heterocycles. The van der Waals surface area contributed by atoms with Gasteiger partial charge in [-0.1, -0.05) is 19.8 Å². The number of hydrogen-bond acceptors (Lipinski definition) is 4. The topological polar surface area (TPSA) is 50.2 Å². The van der Waals surface area contributed by atoms with Crippen LogP contribution in [-0.2, 0) is 5.75 Å².